The summed E-state index contributed by atoms with van der Waals surface area (Å²) in [6.07, 6.45) is 0. The lowest BCUT2D eigenvalue weighted by Gasteiger charge is -1.93. The second kappa shape index (κ2) is 9.92. The number of aromatic nitrogens is 2. The summed E-state index contributed by atoms with van der Waals surface area (Å²) in [6.45, 7) is 1.83. The molecule has 1 rings (SSSR count). The zero-order valence-electron chi connectivity index (χ0n) is 7.02. The molecule has 0 aromatic carbocycles. The Morgan fingerprint density at radius 3 is 2.36 bits per heavy atom. The topological polar surface area (TPSA) is 54.9 Å². The van der Waals surface area contributed by atoms with Crippen LogP contribution in [0.5, 0.6) is 0 Å². The number of halogens is 4. The molecule has 1 aromatic rings. The molecule has 0 bridgehead atoms. The number of carbonyl (C=O) groups excluding carboxylic acids is 1. The van der Waals surface area contributed by atoms with Crippen LogP contribution in [0.2, 0.25) is 0 Å². The van der Waals surface area contributed by atoms with E-state index in [9.17, 15) is 4.79 Å². The molecule has 1 heterocycles. The number of anilines is 1. The van der Waals surface area contributed by atoms with E-state index in [-0.39, 0.29) is 48.5 Å². The lowest BCUT2D eigenvalue weighted by atomic mass is 10.7. The summed E-state index contributed by atoms with van der Waals surface area (Å²) in [4.78, 5) is 10.8. The predicted octanol–water partition coefficient (Wildman–Crippen LogP) is 2.45. The van der Waals surface area contributed by atoms with Gasteiger partial charge in [-0.05, 0) is 6.92 Å². The van der Waals surface area contributed by atoms with Crippen molar-refractivity contribution in [1.82, 2.24) is 10.2 Å². The summed E-state index contributed by atoms with van der Waals surface area (Å²) in [5.41, 5.74) is 0. The van der Waals surface area contributed by atoms with Gasteiger partial charge in [-0.1, -0.05) is 27.3 Å². The Morgan fingerprint density at radius 2 is 2.00 bits per heavy atom. The molecule has 9 heteroatoms. The molecule has 4 nitrogen and oxygen atoms in total. The Labute approximate surface area is 113 Å². The van der Waals surface area contributed by atoms with Gasteiger partial charge in [-0.15, -0.1) is 47.4 Å². The van der Waals surface area contributed by atoms with E-state index in [1.165, 1.54) is 11.3 Å². The Morgan fingerprint density at radius 1 is 1.43 bits per heavy atom. The molecule has 0 aliphatic carbocycles. The molecular formula is C5H9BrCl3N3OS. The van der Waals surface area contributed by atoms with E-state index in [4.69, 9.17) is 0 Å². The van der Waals surface area contributed by atoms with Gasteiger partial charge in [0.05, 0.1) is 5.33 Å². The summed E-state index contributed by atoms with van der Waals surface area (Å²) in [5, 5.41) is 11.7. The highest BCUT2D eigenvalue weighted by atomic mass is 79.9. The van der Waals surface area contributed by atoms with Crippen LogP contribution in [-0.4, -0.2) is 21.4 Å². The number of amides is 1. The molecule has 0 atom stereocenters. The van der Waals surface area contributed by atoms with Gasteiger partial charge < -0.3 is 0 Å². The van der Waals surface area contributed by atoms with Crippen LogP contribution in [-0.2, 0) is 4.79 Å². The average Bonchev–Trinajstić information content (AvgIpc) is 2.35. The molecule has 0 unspecified atom stereocenters. The van der Waals surface area contributed by atoms with Gasteiger partial charge in [0.15, 0.2) is 0 Å². The highest BCUT2D eigenvalue weighted by Gasteiger charge is 2.03. The molecule has 1 amide bonds. The predicted molar refractivity (Wildman–Crippen MR) is 68.8 cm³/mol. The summed E-state index contributed by atoms with van der Waals surface area (Å²) in [6, 6.07) is 0. The lowest BCUT2D eigenvalue weighted by Crippen LogP contribution is -2.11. The number of carbonyl (C=O) groups is 1. The van der Waals surface area contributed by atoms with Crippen LogP contribution in [0, 0.1) is 6.92 Å². The van der Waals surface area contributed by atoms with E-state index >= 15 is 0 Å². The zero-order valence-corrected chi connectivity index (χ0v) is 11.9. The van der Waals surface area contributed by atoms with Crippen LogP contribution in [0.3, 0.4) is 0 Å². The van der Waals surface area contributed by atoms with Gasteiger partial charge in [0.1, 0.15) is 5.01 Å². The fraction of sp³-hybridized carbons (Fsp3) is 0.400. The van der Waals surface area contributed by atoms with Crippen molar-refractivity contribution in [2.75, 3.05) is 10.6 Å². The van der Waals surface area contributed by atoms with Gasteiger partial charge in [-0.25, -0.2) is 0 Å². The first-order chi connectivity index (χ1) is 5.22. The van der Waals surface area contributed by atoms with Gasteiger partial charge in [-0.3, -0.25) is 10.1 Å². The monoisotopic (exact) mass is 343 g/mol. The molecule has 0 aliphatic rings. The summed E-state index contributed by atoms with van der Waals surface area (Å²) < 4.78 is 0. The van der Waals surface area contributed by atoms with Crippen LogP contribution in [0.25, 0.3) is 0 Å². The summed E-state index contributed by atoms with van der Waals surface area (Å²) in [5.74, 6) is -0.110. The molecule has 0 fully saturated rings. The van der Waals surface area contributed by atoms with Crippen LogP contribution in [0.15, 0.2) is 0 Å². The van der Waals surface area contributed by atoms with E-state index in [1.54, 1.807) is 0 Å². The Balaban J connectivity index is -0.000000403. The minimum atomic E-state index is -0.110. The zero-order chi connectivity index (χ0) is 8.27. The average molecular weight is 345 g/mol. The smallest absolute Gasteiger partial charge is 0.236 e. The Hall–Kier alpha value is 0.380. The van der Waals surface area contributed by atoms with E-state index in [0.29, 0.717) is 5.13 Å². The van der Waals surface area contributed by atoms with Crippen molar-refractivity contribution in [3.8, 4) is 0 Å². The molecule has 84 valence electrons. The molecule has 0 saturated carbocycles. The second-order valence-electron chi connectivity index (χ2n) is 1.81. The number of nitrogens with zero attached hydrogens (tertiary/aromatic N) is 2. The van der Waals surface area contributed by atoms with Gasteiger partial charge in [0.2, 0.25) is 11.0 Å². The van der Waals surface area contributed by atoms with Crippen LogP contribution >= 0.6 is 64.5 Å². The highest BCUT2D eigenvalue weighted by Crippen LogP contribution is 2.13. The number of alkyl halides is 1. The Kier molecular flexibility index (Phi) is 14.1. The van der Waals surface area contributed by atoms with Crippen molar-refractivity contribution in [3.05, 3.63) is 5.01 Å². The SMILES string of the molecule is Cc1nnc(NC(=O)CBr)s1.Cl.Cl.Cl. The van der Waals surface area contributed by atoms with Gasteiger partial charge in [0, 0.05) is 0 Å². The maximum Gasteiger partial charge on any atom is 0.236 e. The first-order valence-corrected chi connectivity index (χ1v) is 4.82. The summed E-state index contributed by atoms with van der Waals surface area (Å²) in [7, 11) is 0. The minimum Gasteiger partial charge on any atom is -0.300 e. The number of aryl methyl sites for hydroxylation is 1. The van der Waals surface area contributed by atoms with Crippen molar-refractivity contribution in [2.45, 2.75) is 6.92 Å². The second-order valence-corrected chi connectivity index (χ2v) is 3.55. The first-order valence-electron chi connectivity index (χ1n) is 2.88. The standard InChI is InChI=1S/C5H6BrN3OS.3ClH/c1-3-8-9-5(11-3)7-4(10)2-6;;;/h2H2,1H3,(H,7,9,10);3*1H. The summed E-state index contributed by atoms with van der Waals surface area (Å²) >= 11 is 4.38. The third kappa shape index (κ3) is 6.78. The first kappa shape index (κ1) is 19.9. The molecule has 1 aromatic heterocycles. The molecule has 0 spiro atoms. The normalized spacial score (nSPS) is 7.57. The van der Waals surface area contributed by atoms with Crippen LogP contribution < -0.4 is 5.32 Å². The molecule has 0 radical (unpaired) electrons. The number of nitrogens with one attached hydrogen (secondary N) is 1. The maximum atomic E-state index is 10.8. The number of hydrogen-bond donors (Lipinski definition) is 1. The fourth-order valence-corrected chi connectivity index (χ4v) is 1.25. The third-order valence-corrected chi connectivity index (χ3v) is 2.16. The molecule has 14 heavy (non-hydrogen) atoms. The van der Waals surface area contributed by atoms with Crippen molar-refractivity contribution < 1.29 is 4.79 Å². The van der Waals surface area contributed by atoms with Crippen molar-refractivity contribution >= 4 is 75.5 Å². The van der Waals surface area contributed by atoms with E-state index < -0.39 is 0 Å². The van der Waals surface area contributed by atoms with Gasteiger partial charge in [0.25, 0.3) is 0 Å². The highest BCUT2D eigenvalue weighted by molar-refractivity contribution is 9.09. The van der Waals surface area contributed by atoms with Gasteiger partial charge >= 0.3 is 0 Å². The Bertz CT molecular complexity index is 272. The quantitative estimate of drug-likeness (QED) is 0.838. The van der Waals surface area contributed by atoms with Crippen molar-refractivity contribution in [3.63, 3.8) is 0 Å². The molecule has 0 saturated heterocycles. The van der Waals surface area contributed by atoms with E-state index in [1.807, 2.05) is 6.92 Å². The van der Waals surface area contributed by atoms with Crippen molar-refractivity contribution in [2.24, 2.45) is 0 Å². The third-order valence-electron chi connectivity index (χ3n) is 0.894. The molecule has 1 N–H and O–H groups in total. The van der Waals surface area contributed by atoms with Crippen LogP contribution in [0.4, 0.5) is 5.13 Å². The van der Waals surface area contributed by atoms with Crippen LogP contribution in [0.1, 0.15) is 5.01 Å². The number of hydrogen-bond acceptors (Lipinski definition) is 4. The van der Waals surface area contributed by atoms with Crippen molar-refractivity contribution in [1.29, 1.82) is 0 Å². The van der Waals surface area contributed by atoms with Gasteiger partial charge in [-0.2, -0.15) is 0 Å². The number of rotatable bonds is 2. The lowest BCUT2D eigenvalue weighted by molar-refractivity contribution is -0.113. The maximum absolute atomic E-state index is 10.8. The van der Waals surface area contributed by atoms with E-state index in [2.05, 4.69) is 31.4 Å². The largest absolute Gasteiger partial charge is 0.300 e. The fourth-order valence-electron chi connectivity index (χ4n) is 0.500. The molecule has 0 aliphatic heterocycles. The minimum absolute atomic E-state index is 0. The molecular weight excluding hydrogens is 336 g/mol. The van der Waals surface area contributed by atoms with E-state index in [0.717, 1.165) is 5.01 Å².